The summed E-state index contributed by atoms with van der Waals surface area (Å²) in [6, 6.07) is 13.8. The lowest BCUT2D eigenvalue weighted by molar-refractivity contribution is -0.384. The number of thiazole rings is 1. The number of carbonyl (C=O) groups is 1. The van der Waals surface area contributed by atoms with E-state index < -0.39 is 22.1 Å². The van der Waals surface area contributed by atoms with Gasteiger partial charge in [0.2, 0.25) is 4.96 Å². The van der Waals surface area contributed by atoms with Crippen molar-refractivity contribution in [2.24, 2.45) is 0 Å². The first-order valence-electron chi connectivity index (χ1n) is 10.1. The topological polar surface area (TPSA) is 158 Å². The van der Waals surface area contributed by atoms with Gasteiger partial charge in [0.15, 0.2) is 11.4 Å². The second-order valence-electron chi connectivity index (χ2n) is 7.48. The number of aromatic nitrogens is 5. The van der Waals surface area contributed by atoms with Gasteiger partial charge in [-0.25, -0.2) is 4.52 Å². The average molecular weight is 489 g/mol. The maximum atomic E-state index is 12.9. The Hall–Kier alpha value is -4.91. The molecule has 0 aliphatic rings. The highest BCUT2D eigenvalue weighted by Gasteiger charge is 2.20. The number of hydrogen-bond donors (Lipinski definition) is 2. The highest BCUT2D eigenvalue weighted by molar-refractivity contribution is 7.15. The van der Waals surface area contributed by atoms with Crippen molar-refractivity contribution in [3.05, 3.63) is 91.7 Å². The lowest BCUT2D eigenvalue weighted by Crippen LogP contribution is -2.25. The van der Waals surface area contributed by atoms with Crippen molar-refractivity contribution in [1.29, 1.82) is 0 Å². The van der Waals surface area contributed by atoms with Gasteiger partial charge >= 0.3 is 0 Å². The van der Waals surface area contributed by atoms with E-state index in [-0.39, 0.29) is 17.3 Å². The maximum Gasteiger partial charge on any atom is 0.282 e. The van der Waals surface area contributed by atoms with Gasteiger partial charge in [0.25, 0.3) is 23.1 Å². The largest absolute Gasteiger partial charge is 0.505 e. The van der Waals surface area contributed by atoms with Gasteiger partial charge in [0.05, 0.1) is 16.3 Å². The van der Waals surface area contributed by atoms with Crippen LogP contribution in [0.1, 0.15) is 16.1 Å². The summed E-state index contributed by atoms with van der Waals surface area (Å²) in [5.41, 5.74) is 1.62. The van der Waals surface area contributed by atoms with Crippen molar-refractivity contribution in [3.63, 3.8) is 0 Å². The number of carbonyl (C=O) groups excluding carboxylic acids is 1. The molecule has 2 N–H and O–H groups in total. The first kappa shape index (κ1) is 21.9. The summed E-state index contributed by atoms with van der Waals surface area (Å²) in [4.78, 5) is 40.3. The highest BCUT2D eigenvalue weighted by atomic mass is 32.1. The number of aryl methyl sites for hydroxylation is 1. The zero-order valence-electron chi connectivity index (χ0n) is 17.9. The van der Waals surface area contributed by atoms with Crippen LogP contribution in [0.2, 0.25) is 0 Å². The Kier molecular flexibility index (Phi) is 5.30. The third-order valence-corrected chi connectivity index (χ3v) is 5.87. The van der Waals surface area contributed by atoms with Gasteiger partial charge in [-0.2, -0.15) is 14.8 Å². The van der Waals surface area contributed by atoms with Crippen LogP contribution in [-0.2, 0) is 0 Å². The number of rotatable bonds is 5. The fourth-order valence-corrected chi connectivity index (χ4v) is 4.23. The van der Waals surface area contributed by atoms with Crippen LogP contribution < -0.4 is 10.9 Å². The van der Waals surface area contributed by atoms with Crippen LogP contribution in [0.3, 0.4) is 0 Å². The third kappa shape index (κ3) is 4.11. The van der Waals surface area contributed by atoms with Crippen molar-refractivity contribution >= 4 is 33.8 Å². The van der Waals surface area contributed by atoms with E-state index in [1.165, 1.54) is 28.0 Å². The molecule has 0 atom stereocenters. The minimum atomic E-state index is -0.806. The van der Waals surface area contributed by atoms with Crippen molar-refractivity contribution in [3.8, 4) is 22.7 Å². The van der Waals surface area contributed by atoms with Crippen LogP contribution in [0, 0.1) is 17.0 Å². The molecule has 35 heavy (non-hydrogen) atoms. The van der Waals surface area contributed by atoms with Crippen LogP contribution in [0.15, 0.2) is 64.8 Å². The molecule has 174 valence electrons. The molecule has 3 heterocycles. The van der Waals surface area contributed by atoms with Crippen molar-refractivity contribution in [2.45, 2.75) is 6.92 Å². The number of nitrogens with zero attached hydrogens (tertiary/aromatic N) is 6. The molecule has 0 unspecified atom stereocenters. The zero-order valence-corrected chi connectivity index (χ0v) is 18.8. The molecule has 0 aliphatic heterocycles. The van der Waals surface area contributed by atoms with E-state index in [1.54, 1.807) is 35.7 Å². The molecule has 1 amide bonds. The van der Waals surface area contributed by atoms with Crippen LogP contribution >= 0.6 is 11.3 Å². The van der Waals surface area contributed by atoms with Gasteiger partial charge in [-0.05, 0) is 36.8 Å². The molecule has 13 heteroatoms. The van der Waals surface area contributed by atoms with Crippen LogP contribution in [0.5, 0.6) is 5.75 Å². The molecule has 5 aromatic rings. The molecule has 3 aromatic heterocycles. The van der Waals surface area contributed by atoms with Gasteiger partial charge < -0.3 is 5.11 Å². The van der Waals surface area contributed by atoms with Gasteiger partial charge in [-0.3, -0.25) is 25.0 Å². The number of nitro groups is 1. The monoisotopic (exact) mass is 489 g/mol. The van der Waals surface area contributed by atoms with Crippen LogP contribution in [-0.4, -0.2) is 40.3 Å². The van der Waals surface area contributed by atoms with Crippen LogP contribution in [0.25, 0.3) is 21.9 Å². The molecule has 0 saturated heterocycles. The predicted molar refractivity (Wildman–Crippen MR) is 127 cm³/mol. The number of hydrogen-bond acceptors (Lipinski definition) is 9. The first-order valence-corrected chi connectivity index (χ1v) is 11.0. The Labute approximate surface area is 199 Å². The Balaban J connectivity index is 1.45. The van der Waals surface area contributed by atoms with E-state index >= 15 is 0 Å². The smallest absolute Gasteiger partial charge is 0.282 e. The van der Waals surface area contributed by atoms with E-state index in [4.69, 9.17) is 0 Å². The average Bonchev–Trinajstić information content (AvgIpc) is 3.39. The zero-order chi connectivity index (χ0) is 24.7. The fraction of sp³-hybridized carbons (Fsp3) is 0.0455. The molecular weight excluding hydrogens is 474 g/mol. The number of anilines is 1. The SMILES string of the molecule is Cc1cccc(-n2nc(C(=O)Nc3nc4scc(-c5ccc([N+](=O)[O-])cc5)n4n3)c(O)cc2=O)c1. The summed E-state index contributed by atoms with van der Waals surface area (Å²) in [5, 5.41) is 33.7. The minimum Gasteiger partial charge on any atom is -0.505 e. The molecule has 0 spiro atoms. The minimum absolute atomic E-state index is 0.0360. The van der Waals surface area contributed by atoms with Gasteiger partial charge in [0.1, 0.15) is 0 Å². The number of non-ortho nitro benzene ring substituents is 1. The second-order valence-corrected chi connectivity index (χ2v) is 8.31. The maximum absolute atomic E-state index is 12.9. The van der Waals surface area contributed by atoms with Gasteiger partial charge in [0, 0.05) is 29.1 Å². The van der Waals surface area contributed by atoms with E-state index in [9.17, 15) is 24.8 Å². The molecular formula is C22H15N7O5S. The Morgan fingerprint density at radius 2 is 1.91 bits per heavy atom. The predicted octanol–water partition coefficient (Wildman–Crippen LogP) is 3.18. The van der Waals surface area contributed by atoms with Crippen molar-refractivity contribution < 1.29 is 14.8 Å². The summed E-state index contributed by atoms with van der Waals surface area (Å²) < 4.78 is 2.51. The first-order chi connectivity index (χ1) is 16.8. The molecule has 2 aromatic carbocycles. The molecule has 0 bridgehead atoms. The second kappa shape index (κ2) is 8.46. The molecule has 5 rings (SSSR count). The third-order valence-electron chi connectivity index (χ3n) is 5.05. The summed E-state index contributed by atoms with van der Waals surface area (Å²) in [6.45, 7) is 1.85. The van der Waals surface area contributed by atoms with Gasteiger partial charge in [-0.1, -0.05) is 12.1 Å². The summed E-state index contributed by atoms with van der Waals surface area (Å²) in [5.74, 6) is -1.43. The standard InChI is InChI=1S/C22H15N7O5S/c1-12-3-2-4-15(9-12)27-18(31)10-17(30)19(25-27)20(32)23-21-24-22-28(26-21)16(11-35-22)13-5-7-14(8-6-13)29(33)34/h2-11,30H,1H3,(H,23,26,32). The molecule has 0 radical (unpaired) electrons. The molecule has 0 fully saturated rings. The molecule has 0 aliphatic carbocycles. The van der Waals surface area contributed by atoms with Crippen LogP contribution in [0.4, 0.5) is 11.6 Å². The summed E-state index contributed by atoms with van der Waals surface area (Å²) in [7, 11) is 0. The number of nitrogens with one attached hydrogen (secondary N) is 1. The van der Waals surface area contributed by atoms with E-state index in [1.807, 2.05) is 13.0 Å². The lowest BCUT2D eigenvalue weighted by Gasteiger charge is -2.08. The lowest BCUT2D eigenvalue weighted by atomic mass is 10.1. The number of fused-ring (bicyclic) bond motifs is 1. The van der Waals surface area contributed by atoms with E-state index in [0.29, 0.717) is 21.9 Å². The number of nitro benzene ring substituents is 1. The number of benzene rings is 2. The fourth-order valence-electron chi connectivity index (χ4n) is 3.40. The number of amides is 1. The van der Waals surface area contributed by atoms with E-state index in [0.717, 1.165) is 16.3 Å². The summed E-state index contributed by atoms with van der Waals surface area (Å²) in [6.07, 6.45) is 0. The highest BCUT2D eigenvalue weighted by Crippen LogP contribution is 2.27. The van der Waals surface area contributed by atoms with Gasteiger partial charge in [-0.15, -0.1) is 16.4 Å². The summed E-state index contributed by atoms with van der Waals surface area (Å²) >= 11 is 1.26. The Morgan fingerprint density at radius 1 is 1.14 bits per heavy atom. The molecule has 12 nitrogen and oxygen atoms in total. The van der Waals surface area contributed by atoms with Crippen molar-refractivity contribution in [2.75, 3.05) is 5.32 Å². The molecule has 0 saturated carbocycles. The van der Waals surface area contributed by atoms with E-state index in [2.05, 4.69) is 20.5 Å². The number of aromatic hydroxyl groups is 1. The van der Waals surface area contributed by atoms with Crippen molar-refractivity contribution in [1.82, 2.24) is 24.4 Å². The Bertz CT molecular complexity index is 1670. The quantitative estimate of drug-likeness (QED) is 0.281. The normalized spacial score (nSPS) is 11.0. The Morgan fingerprint density at radius 3 is 2.63 bits per heavy atom.